The summed E-state index contributed by atoms with van der Waals surface area (Å²) in [6, 6.07) is 17.4. The number of fused-ring (bicyclic) bond motifs is 1. The van der Waals surface area contributed by atoms with Gasteiger partial charge in [-0.2, -0.15) is 0 Å². The molecule has 0 saturated heterocycles. The number of hydrogen-bond donors (Lipinski definition) is 1. The second kappa shape index (κ2) is 10.1. The Bertz CT molecular complexity index is 1300. The summed E-state index contributed by atoms with van der Waals surface area (Å²) >= 11 is 12.5. The molecule has 10 heteroatoms. The number of rotatable bonds is 7. The zero-order valence-corrected chi connectivity index (χ0v) is 20.5. The van der Waals surface area contributed by atoms with E-state index in [1.807, 2.05) is 6.07 Å². The molecule has 3 aromatic rings. The van der Waals surface area contributed by atoms with Gasteiger partial charge in [0.1, 0.15) is 19.8 Å². The van der Waals surface area contributed by atoms with Crippen LogP contribution in [0.15, 0.2) is 71.6 Å². The van der Waals surface area contributed by atoms with E-state index in [2.05, 4.69) is 5.32 Å². The first kappa shape index (κ1) is 24.2. The summed E-state index contributed by atoms with van der Waals surface area (Å²) in [5.74, 6) is 0.728. The van der Waals surface area contributed by atoms with Crippen LogP contribution in [0, 0.1) is 0 Å². The first-order valence-corrected chi connectivity index (χ1v) is 12.7. The minimum Gasteiger partial charge on any atom is -0.486 e. The first-order valence-electron chi connectivity index (χ1n) is 10.5. The van der Waals surface area contributed by atoms with E-state index in [-0.39, 0.29) is 20.6 Å². The molecule has 1 aliphatic heterocycles. The normalized spacial score (nSPS) is 13.7. The summed E-state index contributed by atoms with van der Waals surface area (Å²) in [4.78, 5) is 13.1. The van der Waals surface area contributed by atoms with E-state index in [4.69, 9.17) is 32.7 Å². The highest BCUT2D eigenvalue weighted by atomic mass is 35.5. The molecule has 0 aromatic heterocycles. The molecule has 1 aliphatic rings. The summed E-state index contributed by atoms with van der Waals surface area (Å²) in [6.07, 6.45) is 0. The Morgan fingerprint density at radius 2 is 1.71 bits per heavy atom. The summed E-state index contributed by atoms with van der Waals surface area (Å²) in [7, 11) is -4.11. The monoisotopic (exact) mass is 520 g/mol. The lowest BCUT2D eigenvalue weighted by Crippen LogP contribution is -2.41. The average molecular weight is 521 g/mol. The molecule has 1 unspecified atom stereocenters. The van der Waals surface area contributed by atoms with E-state index in [9.17, 15) is 13.2 Å². The number of carbonyl (C=O) groups is 1. The van der Waals surface area contributed by atoms with E-state index in [1.54, 1.807) is 49.4 Å². The second-order valence-corrected chi connectivity index (χ2v) is 10.2. The second-order valence-electron chi connectivity index (χ2n) is 7.59. The van der Waals surface area contributed by atoms with Gasteiger partial charge >= 0.3 is 0 Å². The van der Waals surface area contributed by atoms with Gasteiger partial charge in [-0.3, -0.25) is 9.10 Å². The van der Waals surface area contributed by atoms with Crippen LogP contribution in [0.2, 0.25) is 10.0 Å². The molecule has 0 spiro atoms. The van der Waals surface area contributed by atoms with Crippen molar-refractivity contribution in [3.05, 3.63) is 82.3 Å². The zero-order chi connectivity index (χ0) is 24.3. The number of anilines is 1. The average Bonchev–Trinajstić information content (AvgIpc) is 2.84. The maximum absolute atomic E-state index is 13.5. The summed E-state index contributed by atoms with van der Waals surface area (Å²) in [6.45, 7) is 2.23. The number of hydrogen-bond acceptors (Lipinski definition) is 5. The van der Waals surface area contributed by atoms with E-state index in [1.165, 1.54) is 18.2 Å². The predicted octanol–water partition coefficient (Wildman–Crippen LogP) is 4.84. The highest BCUT2D eigenvalue weighted by Gasteiger charge is 2.29. The van der Waals surface area contributed by atoms with Crippen LogP contribution in [-0.2, 0) is 14.8 Å². The van der Waals surface area contributed by atoms with Crippen molar-refractivity contribution in [1.82, 2.24) is 5.32 Å². The minimum absolute atomic E-state index is 0.0266. The maximum atomic E-state index is 13.5. The first-order chi connectivity index (χ1) is 16.3. The van der Waals surface area contributed by atoms with Gasteiger partial charge in [0.2, 0.25) is 5.91 Å². The molecular formula is C24H22Cl2N2O5S. The topological polar surface area (TPSA) is 84.9 Å². The van der Waals surface area contributed by atoms with Gasteiger partial charge in [0.05, 0.1) is 26.7 Å². The maximum Gasteiger partial charge on any atom is 0.264 e. The van der Waals surface area contributed by atoms with E-state index >= 15 is 0 Å². The van der Waals surface area contributed by atoms with Crippen molar-refractivity contribution in [2.24, 2.45) is 0 Å². The van der Waals surface area contributed by atoms with Crippen molar-refractivity contribution in [2.45, 2.75) is 17.9 Å². The van der Waals surface area contributed by atoms with E-state index < -0.39 is 28.5 Å². The molecule has 34 heavy (non-hydrogen) atoms. The molecule has 1 atom stereocenters. The number of amides is 1. The molecule has 0 fully saturated rings. The number of benzene rings is 3. The van der Waals surface area contributed by atoms with E-state index in [0.717, 1.165) is 9.87 Å². The lowest BCUT2D eigenvalue weighted by Gasteiger charge is -2.26. The molecule has 4 rings (SSSR count). The van der Waals surface area contributed by atoms with Gasteiger partial charge in [0, 0.05) is 0 Å². The predicted molar refractivity (Wildman–Crippen MR) is 131 cm³/mol. The number of carbonyl (C=O) groups excluding carboxylic acids is 1. The molecule has 3 aromatic carbocycles. The Hall–Kier alpha value is -2.94. The highest BCUT2D eigenvalue weighted by molar-refractivity contribution is 7.92. The van der Waals surface area contributed by atoms with Crippen molar-refractivity contribution in [2.75, 3.05) is 24.1 Å². The third-order valence-electron chi connectivity index (χ3n) is 5.26. The molecule has 0 aliphatic carbocycles. The molecule has 0 radical (unpaired) electrons. The zero-order valence-electron chi connectivity index (χ0n) is 18.2. The fourth-order valence-corrected chi connectivity index (χ4v) is 5.44. The van der Waals surface area contributed by atoms with Crippen LogP contribution in [0.25, 0.3) is 0 Å². The van der Waals surface area contributed by atoms with Crippen molar-refractivity contribution >= 4 is 44.8 Å². The Morgan fingerprint density at radius 3 is 2.44 bits per heavy atom. The Kier molecular flexibility index (Phi) is 7.21. The van der Waals surface area contributed by atoms with Crippen molar-refractivity contribution in [3.63, 3.8) is 0 Å². The summed E-state index contributed by atoms with van der Waals surface area (Å²) < 4.78 is 39.0. The van der Waals surface area contributed by atoms with Gasteiger partial charge in [0.25, 0.3) is 10.0 Å². The minimum atomic E-state index is -4.11. The van der Waals surface area contributed by atoms with Gasteiger partial charge in [-0.05, 0) is 48.9 Å². The molecular weight excluding hydrogens is 499 g/mol. The van der Waals surface area contributed by atoms with Gasteiger partial charge < -0.3 is 14.8 Å². The van der Waals surface area contributed by atoms with Gasteiger partial charge in [-0.1, -0.05) is 53.5 Å². The van der Waals surface area contributed by atoms with Crippen LogP contribution in [0.1, 0.15) is 18.5 Å². The molecule has 0 bridgehead atoms. The number of sulfonamides is 1. The Labute approximate surface area is 208 Å². The van der Waals surface area contributed by atoms with Crippen LogP contribution in [0.4, 0.5) is 5.69 Å². The fourth-order valence-electron chi connectivity index (χ4n) is 3.53. The number of halogens is 2. The van der Waals surface area contributed by atoms with Crippen molar-refractivity contribution in [1.29, 1.82) is 0 Å². The molecule has 7 nitrogen and oxygen atoms in total. The van der Waals surface area contributed by atoms with Gasteiger partial charge in [0.15, 0.2) is 11.5 Å². The molecule has 1 heterocycles. The van der Waals surface area contributed by atoms with Crippen LogP contribution in [0.3, 0.4) is 0 Å². The lowest BCUT2D eigenvalue weighted by molar-refractivity contribution is -0.120. The molecule has 1 N–H and O–H groups in total. The smallest absolute Gasteiger partial charge is 0.264 e. The Balaban J connectivity index is 1.60. The molecule has 0 saturated carbocycles. The van der Waals surface area contributed by atoms with Gasteiger partial charge in [-0.15, -0.1) is 0 Å². The quantitative estimate of drug-likeness (QED) is 0.481. The third-order valence-corrected chi connectivity index (χ3v) is 7.84. The van der Waals surface area contributed by atoms with Crippen LogP contribution in [0.5, 0.6) is 11.5 Å². The van der Waals surface area contributed by atoms with Crippen LogP contribution >= 0.6 is 23.2 Å². The van der Waals surface area contributed by atoms with Gasteiger partial charge in [-0.25, -0.2) is 8.42 Å². The van der Waals surface area contributed by atoms with Crippen LogP contribution in [-0.4, -0.2) is 34.1 Å². The van der Waals surface area contributed by atoms with Crippen molar-refractivity contribution in [3.8, 4) is 11.5 Å². The third kappa shape index (κ3) is 5.09. The van der Waals surface area contributed by atoms with Crippen LogP contribution < -0.4 is 19.1 Å². The molecule has 1 amide bonds. The molecule has 178 valence electrons. The standard InChI is InChI=1S/C24H22Cl2N2O5S/c1-16(17-10-11-21-22(14-17)33-13-12-32-21)27-23(29)15-28(20-9-5-8-19(25)24(20)26)34(30,31)18-6-3-2-4-7-18/h2-11,14,16H,12-13,15H2,1H3,(H,27,29). The SMILES string of the molecule is CC(NC(=O)CN(c1cccc(Cl)c1Cl)S(=O)(=O)c1ccccc1)c1ccc2c(c1)OCCO2. The number of nitrogens with one attached hydrogen (secondary N) is 1. The number of nitrogens with zero attached hydrogens (tertiary/aromatic N) is 1. The largest absolute Gasteiger partial charge is 0.486 e. The van der Waals surface area contributed by atoms with Crippen molar-refractivity contribution < 1.29 is 22.7 Å². The Morgan fingerprint density at radius 1 is 1.00 bits per heavy atom. The van der Waals surface area contributed by atoms with E-state index in [0.29, 0.717) is 24.7 Å². The number of ether oxygens (including phenoxy) is 2. The highest BCUT2D eigenvalue weighted by Crippen LogP contribution is 2.36. The lowest BCUT2D eigenvalue weighted by atomic mass is 10.1. The summed E-state index contributed by atoms with van der Waals surface area (Å²) in [5, 5.41) is 3.06. The summed E-state index contributed by atoms with van der Waals surface area (Å²) in [5.41, 5.74) is 0.899. The fraction of sp³-hybridized carbons (Fsp3) is 0.208.